The van der Waals surface area contributed by atoms with Crippen LogP contribution in [0.5, 0.6) is 0 Å². The van der Waals surface area contributed by atoms with E-state index in [1.54, 1.807) is 6.26 Å². The minimum atomic E-state index is -0.0304. The lowest BCUT2D eigenvalue weighted by Crippen LogP contribution is -2.37. The van der Waals surface area contributed by atoms with Gasteiger partial charge in [-0.3, -0.25) is 0 Å². The number of furan rings is 1. The number of nitrogens with two attached hydrogens (primary N) is 1. The second kappa shape index (κ2) is 3.95. The van der Waals surface area contributed by atoms with Gasteiger partial charge >= 0.3 is 0 Å². The number of hydrogen-bond donors (Lipinski definition) is 1. The van der Waals surface area contributed by atoms with Gasteiger partial charge in [-0.1, -0.05) is 39.0 Å². The molecule has 2 heteroatoms. The van der Waals surface area contributed by atoms with Crippen LogP contribution in [0.1, 0.15) is 26.3 Å². The van der Waals surface area contributed by atoms with Crippen molar-refractivity contribution in [2.45, 2.75) is 26.2 Å². The molecule has 0 bridgehead atoms. The van der Waals surface area contributed by atoms with Gasteiger partial charge in [0.25, 0.3) is 0 Å². The van der Waals surface area contributed by atoms with E-state index < -0.39 is 0 Å². The molecule has 0 saturated carbocycles. The van der Waals surface area contributed by atoms with Crippen LogP contribution in [0.25, 0.3) is 11.0 Å². The first-order chi connectivity index (χ1) is 7.59. The van der Waals surface area contributed by atoms with Crippen molar-refractivity contribution < 1.29 is 4.42 Å². The Labute approximate surface area is 96.4 Å². The highest BCUT2D eigenvalue weighted by Crippen LogP contribution is 2.35. The van der Waals surface area contributed by atoms with Crippen molar-refractivity contribution in [1.82, 2.24) is 0 Å². The van der Waals surface area contributed by atoms with E-state index in [-0.39, 0.29) is 5.41 Å². The highest BCUT2D eigenvalue weighted by atomic mass is 16.3. The monoisotopic (exact) mass is 217 g/mol. The Hall–Kier alpha value is -1.28. The predicted molar refractivity (Wildman–Crippen MR) is 67.5 cm³/mol. The second-order valence-corrected chi connectivity index (χ2v) is 4.92. The number of fused-ring (bicyclic) bond motifs is 1. The molecule has 2 rings (SSSR count). The molecule has 0 radical (unpaired) electrons. The molecule has 0 amide bonds. The Bertz CT molecular complexity index is 486. The van der Waals surface area contributed by atoms with E-state index in [2.05, 4.69) is 39.0 Å². The summed E-state index contributed by atoms with van der Waals surface area (Å²) >= 11 is 0. The summed E-state index contributed by atoms with van der Waals surface area (Å²) in [6, 6.07) is 8.26. The zero-order chi connectivity index (χ0) is 11.8. The number of rotatable bonds is 3. The van der Waals surface area contributed by atoms with Crippen LogP contribution in [0, 0.1) is 5.92 Å². The third-order valence-corrected chi connectivity index (χ3v) is 3.79. The quantitative estimate of drug-likeness (QED) is 0.856. The van der Waals surface area contributed by atoms with Gasteiger partial charge in [0.1, 0.15) is 5.58 Å². The van der Waals surface area contributed by atoms with Crippen LogP contribution in [0.15, 0.2) is 34.9 Å². The SMILES string of the molecule is CC(C)C(C)(CN)c1cccc2ccoc12. The van der Waals surface area contributed by atoms with Crippen LogP contribution in [-0.4, -0.2) is 6.54 Å². The van der Waals surface area contributed by atoms with Crippen molar-refractivity contribution in [3.8, 4) is 0 Å². The highest BCUT2D eigenvalue weighted by Gasteiger charge is 2.31. The van der Waals surface area contributed by atoms with Gasteiger partial charge in [-0.25, -0.2) is 0 Å². The number of benzene rings is 1. The van der Waals surface area contributed by atoms with Crippen LogP contribution in [0.3, 0.4) is 0 Å². The van der Waals surface area contributed by atoms with Crippen LogP contribution >= 0.6 is 0 Å². The molecule has 2 N–H and O–H groups in total. The lowest BCUT2D eigenvalue weighted by Gasteiger charge is -2.32. The van der Waals surface area contributed by atoms with Gasteiger partial charge in [-0.05, 0) is 12.0 Å². The van der Waals surface area contributed by atoms with Crippen LogP contribution in [0.4, 0.5) is 0 Å². The van der Waals surface area contributed by atoms with Crippen LogP contribution in [0.2, 0.25) is 0 Å². The third kappa shape index (κ3) is 1.54. The van der Waals surface area contributed by atoms with Crippen molar-refractivity contribution in [3.05, 3.63) is 36.1 Å². The second-order valence-electron chi connectivity index (χ2n) is 4.92. The molecule has 0 aliphatic rings. The molecule has 16 heavy (non-hydrogen) atoms. The third-order valence-electron chi connectivity index (χ3n) is 3.79. The maximum absolute atomic E-state index is 5.96. The van der Waals surface area contributed by atoms with Crippen LogP contribution < -0.4 is 5.73 Å². The first-order valence-electron chi connectivity index (χ1n) is 5.76. The standard InChI is InChI=1S/C14H19NO/c1-10(2)14(3,9-15)12-6-4-5-11-7-8-16-13(11)12/h4-8,10H,9,15H2,1-3H3. The summed E-state index contributed by atoms with van der Waals surface area (Å²) in [5.74, 6) is 0.480. The Morgan fingerprint density at radius 1 is 1.31 bits per heavy atom. The van der Waals surface area contributed by atoms with Gasteiger partial charge < -0.3 is 10.2 Å². The minimum Gasteiger partial charge on any atom is -0.464 e. The summed E-state index contributed by atoms with van der Waals surface area (Å²) in [6.45, 7) is 7.24. The van der Waals surface area contributed by atoms with Gasteiger partial charge in [-0.15, -0.1) is 0 Å². The topological polar surface area (TPSA) is 39.2 Å². The van der Waals surface area contributed by atoms with Gasteiger partial charge in [0.2, 0.25) is 0 Å². The van der Waals surface area contributed by atoms with Crippen LogP contribution in [-0.2, 0) is 5.41 Å². The molecule has 2 nitrogen and oxygen atoms in total. The van der Waals surface area contributed by atoms with E-state index in [0.717, 1.165) is 11.0 Å². The largest absolute Gasteiger partial charge is 0.464 e. The Balaban J connectivity index is 2.65. The van der Waals surface area contributed by atoms with Crippen molar-refractivity contribution in [2.75, 3.05) is 6.54 Å². The summed E-state index contributed by atoms with van der Waals surface area (Å²) in [7, 11) is 0. The summed E-state index contributed by atoms with van der Waals surface area (Å²) in [5, 5.41) is 1.15. The molecule has 0 aliphatic heterocycles. The maximum atomic E-state index is 5.96. The lowest BCUT2D eigenvalue weighted by molar-refractivity contribution is 0.346. The Morgan fingerprint density at radius 2 is 2.06 bits per heavy atom. The molecular formula is C14H19NO. The molecule has 1 unspecified atom stereocenters. The molecule has 0 aliphatic carbocycles. The van der Waals surface area contributed by atoms with Gasteiger partial charge in [0, 0.05) is 22.9 Å². The molecule has 1 aromatic heterocycles. The van der Waals surface area contributed by atoms with E-state index >= 15 is 0 Å². The average molecular weight is 217 g/mol. The summed E-state index contributed by atoms with van der Waals surface area (Å²) < 4.78 is 5.59. The van der Waals surface area contributed by atoms with Crippen molar-refractivity contribution in [3.63, 3.8) is 0 Å². The van der Waals surface area contributed by atoms with E-state index in [9.17, 15) is 0 Å². The Morgan fingerprint density at radius 3 is 2.69 bits per heavy atom. The fraction of sp³-hybridized carbons (Fsp3) is 0.429. The molecule has 2 aromatic rings. The van der Waals surface area contributed by atoms with E-state index in [0.29, 0.717) is 12.5 Å². The minimum absolute atomic E-state index is 0.0304. The fourth-order valence-corrected chi connectivity index (χ4v) is 2.10. The van der Waals surface area contributed by atoms with Crippen molar-refractivity contribution in [2.24, 2.45) is 11.7 Å². The molecule has 86 valence electrons. The molecule has 0 fully saturated rings. The molecule has 1 aromatic carbocycles. The molecule has 0 saturated heterocycles. The number of para-hydroxylation sites is 1. The van der Waals surface area contributed by atoms with Crippen molar-refractivity contribution in [1.29, 1.82) is 0 Å². The Kier molecular flexibility index (Phi) is 2.76. The number of hydrogen-bond acceptors (Lipinski definition) is 2. The van der Waals surface area contributed by atoms with Gasteiger partial charge in [-0.2, -0.15) is 0 Å². The fourth-order valence-electron chi connectivity index (χ4n) is 2.10. The lowest BCUT2D eigenvalue weighted by atomic mass is 9.73. The predicted octanol–water partition coefficient (Wildman–Crippen LogP) is 3.31. The summed E-state index contributed by atoms with van der Waals surface area (Å²) in [6.07, 6.45) is 1.74. The van der Waals surface area contributed by atoms with E-state index in [1.807, 2.05) is 6.07 Å². The molecule has 1 atom stereocenters. The molecular weight excluding hydrogens is 198 g/mol. The average Bonchev–Trinajstić information content (AvgIpc) is 2.75. The highest BCUT2D eigenvalue weighted by molar-refractivity contribution is 5.81. The smallest absolute Gasteiger partial charge is 0.137 e. The molecule has 1 heterocycles. The molecule has 0 spiro atoms. The first-order valence-corrected chi connectivity index (χ1v) is 5.76. The van der Waals surface area contributed by atoms with Gasteiger partial charge in [0.05, 0.1) is 6.26 Å². The zero-order valence-corrected chi connectivity index (χ0v) is 10.2. The van der Waals surface area contributed by atoms with E-state index in [4.69, 9.17) is 10.2 Å². The first kappa shape index (κ1) is 11.2. The summed E-state index contributed by atoms with van der Waals surface area (Å²) in [4.78, 5) is 0. The summed E-state index contributed by atoms with van der Waals surface area (Å²) in [5.41, 5.74) is 8.12. The van der Waals surface area contributed by atoms with E-state index in [1.165, 1.54) is 5.56 Å². The van der Waals surface area contributed by atoms with Gasteiger partial charge in [0.15, 0.2) is 0 Å². The zero-order valence-electron chi connectivity index (χ0n) is 10.2. The van der Waals surface area contributed by atoms with Crippen molar-refractivity contribution >= 4 is 11.0 Å². The maximum Gasteiger partial charge on any atom is 0.137 e. The normalized spacial score (nSPS) is 15.6.